The lowest BCUT2D eigenvalue weighted by molar-refractivity contribution is -0.126. The normalized spacial score (nSPS) is 18.6. The van der Waals surface area contributed by atoms with Crippen molar-refractivity contribution in [2.24, 2.45) is 5.92 Å². The zero-order valence-corrected chi connectivity index (χ0v) is 18.3. The third-order valence-corrected chi connectivity index (χ3v) is 4.66. The van der Waals surface area contributed by atoms with E-state index in [2.05, 4.69) is 25.1 Å². The van der Waals surface area contributed by atoms with Crippen LogP contribution in [-0.4, -0.2) is 68.6 Å². The third-order valence-electron chi connectivity index (χ3n) is 4.66. The number of amides is 2. The summed E-state index contributed by atoms with van der Waals surface area (Å²) in [5, 5.41) is 2.48. The number of carbonyl (C=O) groups excluding carboxylic acids is 2. The number of hydrogen-bond acceptors (Lipinski definition) is 5. The average Bonchev–Trinajstić information content (AvgIpc) is 3.15. The van der Waals surface area contributed by atoms with Gasteiger partial charge in [0.2, 0.25) is 5.91 Å². The van der Waals surface area contributed by atoms with Gasteiger partial charge in [-0.05, 0) is 17.6 Å². The molecule has 2 amide bonds. The van der Waals surface area contributed by atoms with Crippen LogP contribution < -0.4 is 5.32 Å². The van der Waals surface area contributed by atoms with Crippen LogP contribution in [0.1, 0.15) is 21.7 Å². The maximum absolute atomic E-state index is 13.5. The number of ether oxygens (including phenoxy) is 3. The molecule has 9 heteroatoms. The Morgan fingerprint density at radius 1 is 1.29 bits per heavy atom. The number of halogens is 2. The van der Waals surface area contributed by atoms with Crippen LogP contribution in [0.3, 0.4) is 0 Å². The summed E-state index contributed by atoms with van der Waals surface area (Å²) < 4.78 is 42.7. The van der Waals surface area contributed by atoms with Crippen LogP contribution in [0.5, 0.6) is 0 Å². The highest BCUT2D eigenvalue weighted by molar-refractivity contribution is 5.87. The summed E-state index contributed by atoms with van der Waals surface area (Å²) in [6.45, 7) is 14.3. The lowest BCUT2D eigenvalue weighted by Crippen LogP contribution is -2.44. The van der Waals surface area contributed by atoms with Gasteiger partial charge in [-0.15, -0.1) is 0 Å². The number of hydrogen-bond donors (Lipinski definition) is 1. The topological polar surface area (TPSA) is 77.1 Å². The first kappa shape index (κ1) is 26.4. The van der Waals surface area contributed by atoms with Crippen molar-refractivity contribution in [3.63, 3.8) is 0 Å². The molecule has 0 radical (unpaired) electrons. The first-order valence-corrected chi connectivity index (χ1v) is 10.0. The fourth-order valence-corrected chi connectivity index (χ4v) is 2.81. The summed E-state index contributed by atoms with van der Waals surface area (Å²) in [4.78, 5) is 25.0. The Balaban J connectivity index is 0.00000961. The molecule has 1 unspecified atom stereocenters. The van der Waals surface area contributed by atoms with E-state index in [1.54, 1.807) is 0 Å². The van der Waals surface area contributed by atoms with E-state index in [1.807, 2.05) is 13.8 Å². The van der Waals surface area contributed by atoms with Crippen LogP contribution in [-0.2, 0) is 19.0 Å². The van der Waals surface area contributed by atoms with Gasteiger partial charge in [0.25, 0.3) is 0 Å². The Hall–Kier alpha value is -2.68. The number of alkyl halides is 1. The highest BCUT2D eigenvalue weighted by atomic mass is 19.1. The highest BCUT2D eigenvalue weighted by Crippen LogP contribution is 2.26. The first-order chi connectivity index (χ1) is 14.6. The molecule has 1 N–H and O–H groups in total. The van der Waals surface area contributed by atoms with Crippen LogP contribution >= 0.6 is 0 Å². The second-order valence-electron chi connectivity index (χ2n) is 7.44. The molecule has 176 valence electrons. The maximum Gasteiger partial charge on any atom is 0.407 e. The molecule has 1 aliphatic rings. The van der Waals surface area contributed by atoms with Gasteiger partial charge >= 0.3 is 6.09 Å². The van der Waals surface area contributed by atoms with Gasteiger partial charge in [0.1, 0.15) is 24.9 Å². The molecular weight excluding hydrogens is 410 g/mol. The summed E-state index contributed by atoms with van der Waals surface area (Å²) in [5.41, 5.74) is -0.704. The van der Waals surface area contributed by atoms with Crippen LogP contribution in [0.25, 0.3) is 0 Å². The van der Waals surface area contributed by atoms with Gasteiger partial charge < -0.3 is 24.4 Å². The highest BCUT2D eigenvalue weighted by Gasteiger charge is 2.43. The van der Waals surface area contributed by atoms with Crippen molar-refractivity contribution in [2.75, 3.05) is 46.1 Å². The van der Waals surface area contributed by atoms with Gasteiger partial charge in [-0.25, -0.2) is 13.6 Å². The van der Waals surface area contributed by atoms with Gasteiger partial charge in [-0.3, -0.25) is 4.79 Å². The minimum absolute atomic E-state index is 0. The predicted octanol–water partition coefficient (Wildman–Crippen LogP) is 3.70. The van der Waals surface area contributed by atoms with Gasteiger partial charge in [0, 0.05) is 27.0 Å². The van der Waals surface area contributed by atoms with Crippen molar-refractivity contribution in [2.45, 2.75) is 25.9 Å². The van der Waals surface area contributed by atoms with E-state index in [4.69, 9.17) is 14.2 Å². The molecule has 0 spiro atoms. The second-order valence-corrected chi connectivity index (χ2v) is 7.44. The quantitative estimate of drug-likeness (QED) is 0.203. The molecular formula is C22H34F2N2O5. The standard InChI is InChI=1S/C22H32F2N2O5.H2/c1-6-20(27)26-9-7-22(14-23,15-26)31-21(28)25-8-10-29-11-12-30-19(13-17(4)24)18(5)16(2)3;/h6,13,16H,1,4-5,7-12,14-15H2,2-3H3,(H,25,28);1H/b19-13+;. The van der Waals surface area contributed by atoms with Crippen LogP contribution in [0, 0.1) is 5.92 Å². The van der Waals surface area contributed by atoms with E-state index in [0.717, 1.165) is 6.08 Å². The first-order valence-electron chi connectivity index (χ1n) is 10.0. The van der Waals surface area contributed by atoms with Gasteiger partial charge in [0.05, 0.1) is 19.8 Å². The molecule has 1 saturated heterocycles. The van der Waals surface area contributed by atoms with E-state index in [0.29, 0.717) is 17.9 Å². The molecule has 0 aromatic rings. The smallest absolute Gasteiger partial charge is 0.407 e. The van der Waals surface area contributed by atoms with Crippen LogP contribution in [0.4, 0.5) is 13.6 Å². The van der Waals surface area contributed by atoms with E-state index >= 15 is 0 Å². The van der Waals surface area contributed by atoms with Crippen LogP contribution in [0.15, 0.2) is 49.0 Å². The number of alkyl carbamates (subject to hydrolysis) is 1. The number of carbonyl (C=O) groups is 2. The van der Waals surface area contributed by atoms with E-state index in [-0.39, 0.29) is 52.6 Å². The molecule has 1 fully saturated rings. The fourth-order valence-electron chi connectivity index (χ4n) is 2.81. The lowest BCUT2D eigenvalue weighted by Gasteiger charge is -2.26. The second kappa shape index (κ2) is 12.9. The summed E-state index contributed by atoms with van der Waals surface area (Å²) in [6.07, 6.45) is 1.74. The van der Waals surface area contributed by atoms with E-state index < -0.39 is 24.2 Å². The van der Waals surface area contributed by atoms with Crippen molar-refractivity contribution in [1.82, 2.24) is 10.2 Å². The minimum Gasteiger partial charge on any atom is -0.491 e. The van der Waals surface area contributed by atoms with E-state index in [1.165, 1.54) is 11.0 Å². The molecule has 0 aromatic carbocycles. The number of nitrogens with one attached hydrogen (secondary N) is 1. The Bertz CT molecular complexity index is 714. The Labute approximate surface area is 183 Å². The molecule has 1 heterocycles. The molecule has 0 bridgehead atoms. The predicted molar refractivity (Wildman–Crippen MR) is 116 cm³/mol. The molecule has 0 aromatic heterocycles. The van der Waals surface area contributed by atoms with Crippen molar-refractivity contribution in [3.05, 3.63) is 49.0 Å². The van der Waals surface area contributed by atoms with E-state index in [9.17, 15) is 18.4 Å². The monoisotopic (exact) mass is 444 g/mol. The van der Waals surface area contributed by atoms with Gasteiger partial charge in [0.15, 0.2) is 5.60 Å². The van der Waals surface area contributed by atoms with Crippen molar-refractivity contribution in [3.8, 4) is 0 Å². The fraction of sp³-hybridized carbons (Fsp3) is 0.545. The molecule has 1 aliphatic heterocycles. The number of rotatable bonds is 13. The number of nitrogens with zero attached hydrogens (tertiary/aromatic N) is 1. The summed E-state index contributed by atoms with van der Waals surface area (Å²) in [7, 11) is 0. The van der Waals surface area contributed by atoms with Crippen molar-refractivity contribution < 1.29 is 34.0 Å². The number of allylic oxidation sites excluding steroid dienone is 3. The summed E-state index contributed by atoms with van der Waals surface area (Å²) >= 11 is 0. The minimum atomic E-state index is -1.35. The summed E-state index contributed by atoms with van der Waals surface area (Å²) in [6, 6.07) is 0. The lowest BCUT2D eigenvalue weighted by atomic mass is 10.0. The molecule has 0 aliphatic carbocycles. The largest absolute Gasteiger partial charge is 0.491 e. The maximum atomic E-state index is 13.5. The molecule has 31 heavy (non-hydrogen) atoms. The van der Waals surface area contributed by atoms with Crippen molar-refractivity contribution in [1.29, 1.82) is 0 Å². The van der Waals surface area contributed by atoms with Crippen LogP contribution in [0.2, 0.25) is 0 Å². The molecule has 1 atom stereocenters. The Kier molecular flexibility index (Phi) is 11.0. The third kappa shape index (κ3) is 8.92. The average molecular weight is 445 g/mol. The SMILES string of the molecule is C=CC(=O)N1CCC(CF)(OC(=O)NCCOCCO/C(=C/C(=C)F)C(=C)C(C)C)C1.[HH]. The molecule has 7 nitrogen and oxygen atoms in total. The van der Waals surface area contributed by atoms with Gasteiger partial charge in [-0.2, -0.15) is 0 Å². The molecule has 0 saturated carbocycles. The van der Waals surface area contributed by atoms with Gasteiger partial charge in [-0.1, -0.05) is 33.6 Å². The zero-order valence-electron chi connectivity index (χ0n) is 18.3. The Morgan fingerprint density at radius 3 is 2.58 bits per heavy atom. The zero-order chi connectivity index (χ0) is 23.4. The number of likely N-dealkylation sites (tertiary alicyclic amines) is 1. The summed E-state index contributed by atoms with van der Waals surface area (Å²) in [5.74, 6) is -0.576. The Morgan fingerprint density at radius 2 is 2.00 bits per heavy atom. The molecule has 1 rings (SSSR count). The van der Waals surface area contributed by atoms with Crippen molar-refractivity contribution >= 4 is 12.0 Å².